The summed E-state index contributed by atoms with van der Waals surface area (Å²) in [6.45, 7) is 2.89. The predicted molar refractivity (Wildman–Crippen MR) is 140 cm³/mol. The van der Waals surface area contributed by atoms with Crippen LogP contribution in [0.2, 0.25) is 0 Å². The molecule has 0 unspecified atom stereocenters. The molecule has 10 nitrogen and oxygen atoms in total. The molecule has 16 heteroatoms. The molecule has 44 heavy (non-hydrogen) atoms. The van der Waals surface area contributed by atoms with E-state index < -0.39 is 89.2 Å². The lowest BCUT2D eigenvalue weighted by Crippen LogP contribution is -2.54. The highest BCUT2D eigenvalue weighted by molar-refractivity contribution is 5.97. The summed E-state index contributed by atoms with van der Waals surface area (Å²) in [7, 11) is 0. The van der Waals surface area contributed by atoms with E-state index in [9.17, 15) is 50.3 Å². The molecule has 2 fully saturated rings. The van der Waals surface area contributed by atoms with E-state index in [0.29, 0.717) is 25.5 Å². The Labute approximate surface area is 248 Å². The minimum absolute atomic E-state index is 0.109. The van der Waals surface area contributed by atoms with Crippen LogP contribution in [0.1, 0.15) is 67.4 Å². The Morgan fingerprint density at radius 3 is 2.14 bits per heavy atom. The van der Waals surface area contributed by atoms with Crippen molar-refractivity contribution in [2.24, 2.45) is 11.8 Å². The molecule has 0 saturated carbocycles. The van der Waals surface area contributed by atoms with E-state index in [-0.39, 0.29) is 43.9 Å². The highest BCUT2D eigenvalue weighted by atomic mass is 19.4. The van der Waals surface area contributed by atoms with Crippen molar-refractivity contribution in [1.29, 1.82) is 0 Å². The van der Waals surface area contributed by atoms with Gasteiger partial charge in [-0.2, -0.15) is 26.3 Å². The second kappa shape index (κ2) is 14.4. The van der Waals surface area contributed by atoms with Gasteiger partial charge in [0.1, 0.15) is 12.1 Å². The molecule has 0 spiro atoms. The lowest BCUT2D eigenvalue weighted by molar-refractivity contribution is -0.144. The maximum atomic E-state index is 13.5. The van der Waals surface area contributed by atoms with Crippen molar-refractivity contribution < 1.29 is 59.8 Å². The monoisotopic (exact) mass is 637 g/mol. The number of hydrogen-bond acceptors (Lipinski definition) is 7. The topological polar surface area (TPSA) is 140 Å². The third-order valence-corrected chi connectivity index (χ3v) is 7.18. The third kappa shape index (κ3) is 9.16. The zero-order valence-corrected chi connectivity index (χ0v) is 23.9. The Bertz CT molecular complexity index is 1210. The quantitative estimate of drug-likeness (QED) is 0.236. The number of rotatable bonds is 12. The molecule has 1 aromatic rings. The Morgan fingerprint density at radius 1 is 1.00 bits per heavy atom. The normalized spacial score (nSPS) is 20.2. The number of alkyl halides is 6. The smallest absolute Gasteiger partial charge is 0.417 e. The molecule has 2 aliphatic heterocycles. The first kappa shape index (κ1) is 34.8. The summed E-state index contributed by atoms with van der Waals surface area (Å²) in [5.41, 5.74) is -5.63. The number of hydrogen-bond donors (Lipinski definition) is 3. The summed E-state index contributed by atoms with van der Waals surface area (Å²) < 4.78 is 91.0. The minimum Gasteiger partial charge on any atom is -0.454 e. The van der Waals surface area contributed by atoms with Crippen LogP contribution >= 0.6 is 0 Å². The molecular formula is C28H33F6N3O7. The van der Waals surface area contributed by atoms with Crippen LogP contribution < -0.4 is 16.0 Å². The van der Waals surface area contributed by atoms with Gasteiger partial charge < -0.3 is 25.4 Å². The summed E-state index contributed by atoms with van der Waals surface area (Å²) in [4.78, 5) is 63.9. The summed E-state index contributed by atoms with van der Waals surface area (Å²) in [6.07, 6.45) is -10.3. The van der Waals surface area contributed by atoms with Crippen molar-refractivity contribution in [2.75, 3.05) is 19.8 Å². The first-order valence-corrected chi connectivity index (χ1v) is 14.0. The van der Waals surface area contributed by atoms with E-state index in [1.165, 1.54) is 0 Å². The fourth-order valence-corrected chi connectivity index (χ4v) is 5.00. The summed E-state index contributed by atoms with van der Waals surface area (Å²) in [5, 5.41) is 7.56. The van der Waals surface area contributed by atoms with Crippen LogP contribution in [-0.2, 0) is 41.0 Å². The van der Waals surface area contributed by atoms with Crippen molar-refractivity contribution in [2.45, 2.75) is 76.5 Å². The van der Waals surface area contributed by atoms with E-state index in [4.69, 9.17) is 4.74 Å². The molecular weight excluding hydrogens is 604 g/mol. The lowest BCUT2D eigenvalue weighted by Gasteiger charge is -2.26. The van der Waals surface area contributed by atoms with Crippen molar-refractivity contribution >= 4 is 29.5 Å². The number of halogens is 6. The second-order valence-corrected chi connectivity index (χ2v) is 11.0. The van der Waals surface area contributed by atoms with Gasteiger partial charge in [-0.05, 0) is 50.2 Å². The van der Waals surface area contributed by atoms with Gasteiger partial charge in [0.25, 0.3) is 0 Å². The van der Waals surface area contributed by atoms with Crippen LogP contribution in [0.15, 0.2) is 18.2 Å². The number of benzene rings is 1. The van der Waals surface area contributed by atoms with Gasteiger partial charge in [-0.3, -0.25) is 19.2 Å². The maximum absolute atomic E-state index is 13.5. The molecule has 0 aliphatic carbocycles. The van der Waals surface area contributed by atoms with E-state index in [1.54, 1.807) is 13.8 Å². The Balaban J connectivity index is 1.81. The zero-order chi connectivity index (χ0) is 32.8. The van der Waals surface area contributed by atoms with Crippen molar-refractivity contribution in [3.05, 3.63) is 34.9 Å². The molecule has 0 radical (unpaired) electrons. The van der Waals surface area contributed by atoms with Crippen molar-refractivity contribution in [1.82, 2.24) is 16.0 Å². The zero-order valence-electron chi connectivity index (χ0n) is 23.9. The number of nitrogens with one attached hydrogen (secondary N) is 3. The Kier molecular flexibility index (Phi) is 11.4. The molecule has 1 aromatic carbocycles. The first-order chi connectivity index (χ1) is 20.5. The van der Waals surface area contributed by atoms with Gasteiger partial charge >= 0.3 is 18.3 Å². The molecule has 3 amide bonds. The van der Waals surface area contributed by atoms with Gasteiger partial charge in [-0.15, -0.1) is 0 Å². The molecule has 0 aromatic heterocycles. The van der Waals surface area contributed by atoms with Crippen molar-refractivity contribution in [3.8, 4) is 0 Å². The standard InChI is InChI=1S/C28H33F6N3O7/c1-14(2)11-19(37-25(41)21-7-4-10-43-21)24(40)36-18(12-15-8-9-35-23(15)39)20(38)13-44-26(42)22-16(27(29,30)31)5-3-6-17(22)28(32,33)34/h3,5-6,14-15,18-19,21H,4,7-13H2,1-2H3,(H,35,39)(H,36,40)(H,37,41)/t15-,18-,19-,21+/m0/s1. The number of Topliss-reactive ketones (excluding diaryl/α,β-unsaturated/α-hetero) is 1. The predicted octanol–water partition coefficient (Wildman–Crippen LogP) is 3.17. The highest BCUT2D eigenvalue weighted by Crippen LogP contribution is 2.39. The molecule has 2 heterocycles. The van der Waals surface area contributed by atoms with E-state index >= 15 is 0 Å². The highest BCUT2D eigenvalue weighted by Gasteiger charge is 2.44. The molecule has 4 atom stereocenters. The van der Waals surface area contributed by atoms with Crippen LogP contribution in [0, 0.1) is 11.8 Å². The number of carbonyl (C=O) groups is 5. The summed E-state index contributed by atoms with van der Waals surface area (Å²) in [6, 6.07) is -1.64. The molecule has 2 saturated heterocycles. The van der Waals surface area contributed by atoms with E-state index in [1.807, 2.05) is 0 Å². The average molecular weight is 638 g/mol. The van der Waals surface area contributed by atoms with Crippen LogP contribution in [0.25, 0.3) is 0 Å². The first-order valence-electron chi connectivity index (χ1n) is 14.0. The maximum Gasteiger partial charge on any atom is 0.417 e. The number of ketones is 1. The van der Waals surface area contributed by atoms with Crippen LogP contribution in [0.4, 0.5) is 26.3 Å². The Morgan fingerprint density at radius 2 is 1.64 bits per heavy atom. The van der Waals surface area contributed by atoms with Crippen molar-refractivity contribution in [3.63, 3.8) is 0 Å². The summed E-state index contributed by atoms with van der Waals surface area (Å²) in [5.74, 6) is -5.82. The fourth-order valence-electron chi connectivity index (χ4n) is 5.00. The average Bonchev–Trinajstić information content (AvgIpc) is 3.61. The van der Waals surface area contributed by atoms with Gasteiger partial charge in [0, 0.05) is 19.1 Å². The summed E-state index contributed by atoms with van der Waals surface area (Å²) >= 11 is 0. The largest absolute Gasteiger partial charge is 0.454 e. The van der Waals surface area contributed by atoms with Gasteiger partial charge in [-0.25, -0.2) is 4.79 Å². The molecule has 3 N–H and O–H groups in total. The fraction of sp³-hybridized carbons (Fsp3) is 0.607. The number of amides is 3. The van der Waals surface area contributed by atoms with E-state index in [2.05, 4.69) is 20.7 Å². The van der Waals surface area contributed by atoms with Crippen LogP contribution in [0.3, 0.4) is 0 Å². The Hall–Kier alpha value is -3.69. The molecule has 244 valence electrons. The number of esters is 1. The molecule has 3 rings (SSSR count). The van der Waals surface area contributed by atoms with Gasteiger partial charge in [0.2, 0.25) is 17.7 Å². The lowest BCUT2D eigenvalue weighted by atomic mass is 9.95. The van der Waals surface area contributed by atoms with Gasteiger partial charge in [0.05, 0.1) is 22.7 Å². The minimum atomic E-state index is -5.36. The molecule has 2 aliphatic rings. The SMILES string of the molecule is CC(C)C[C@H](NC(=O)[C@H]1CCCO1)C(=O)N[C@@H](C[C@@H]1CCNC1=O)C(=O)COC(=O)c1c(C(F)(F)F)cccc1C(F)(F)F. The van der Waals surface area contributed by atoms with Crippen LogP contribution in [0.5, 0.6) is 0 Å². The van der Waals surface area contributed by atoms with Gasteiger partial charge in [-0.1, -0.05) is 19.9 Å². The molecule has 0 bridgehead atoms. The number of ether oxygens (including phenoxy) is 2. The van der Waals surface area contributed by atoms with E-state index in [0.717, 1.165) is 0 Å². The van der Waals surface area contributed by atoms with Gasteiger partial charge in [0.15, 0.2) is 12.4 Å². The second-order valence-electron chi connectivity index (χ2n) is 11.0. The number of carbonyl (C=O) groups excluding carboxylic acids is 5. The van der Waals surface area contributed by atoms with Crippen LogP contribution in [-0.4, -0.2) is 67.4 Å². The third-order valence-electron chi connectivity index (χ3n) is 7.18.